The van der Waals surface area contributed by atoms with Crippen LogP contribution in [0, 0.1) is 5.41 Å². The standard InChI is InChI=1S/C9H17NO2/c1-8(2,3)9(4)6-10-7(11)5-12-9/h5-6H2,1-4H3,(H,10,11). The van der Waals surface area contributed by atoms with E-state index in [-0.39, 0.29) is 23.5 Å². The molecule has 1 aliphatic heterocycles. The van der Waals surface area contributed by atoms with Gasteiger partial charge in [0.25, 0.3) is 0 Å². The van der Waals surface area contributed by atoms with Gasteiger partial charge in [0.05, 0.1) is 5.60 Å². The van der Waals surface area contributed by atoms with E-state index in [0.717, 1.165) is 0 Å². The van der Waals surface area contributed by atoms with Gasteiger partial charge >= 0.3 is 0 Å². The smallest absolute Gasteiger partial charge is 0.246 e. The highest BCUT2D eigenvalue weighted by atomic mass is 16.5. The quantitative estimate of drug-likeness (QED) is 0.589. The number of ether oxygens (including phenoxy) is 1. The largest absolute Gasteiger partial charge is 0.363 e. The summed E-state index contributed by atoms with van der Waals surface area (Å²) in [4.78, 5) is 10.8. The Hall–Kier alpha value is -0.570. The molecule has 1 saturated heterocycles. The van der Waals surface area contributed by atoms with Crippen LogP contribution in [-0.4, -0.2) is 24.7 Å². The summed E-state index contributed by atoms with van der Waals surface area (Å²) in [5, 5.41) is 2.82. The van der Waals surface area contributed by atoms with Crippen molar-refractivity contribution >= 4 is 5.91 Å². The number of morpholine rings is 1. The molecule has 0 spiro atoms. The Balaban J connectivity index is 2.68. The van der Waals surface area contributed by atoms with Crippen LogP contribution in [0.3, 0.4) is 0 Å². The fourth-order valence-corrected chi connectivity index (χ4v) is 1.08. The van der Waals surface area contributed by atoms with Gasteiger partial charge in [-0.2, -0.15) is 0 Å². The highest BCUT2D eigenvalue weighted by Gasteiger charge is 2.41. The highest BCUT2D eigenvalue weighted by Crippen LogP contribution is 2.33. The topological polar surface area (TPSA) is 38.3 Å². The first-order valence-corrected chi connectivity index (χ1v) is 4.26. The summed E-state index contributed by atoms with van der Waals surface area (Å²) < 4.78 is 5.53. The average molecular weight is 171 g/mol. The Morgan fingerprint density at radius 1 is 1.50 bits per heavy atom. The molecule has 1 amide bonds. The van der Waals surface area contributed by atoms with Crippen LogP contribution >= 0.6 is 0 Å². The summed E-state index contributed by atoms with van der Waals surface area (Å²) in [6, 6.07) is 0. The number of amides is 1. The van der Waals surface area contributed by atoms with E-state index in [9.17, 15) is 4.79 Å². The minimum Gasteiger partial charge on any atom is -0.363 e. The van der Waals surface area contributed by atoms with Gasteiger partial charge in [-0.3, -0.25) is 4.79 Å². The second-order valence-electron chi connectivity index (χ2n) is 4.55. The van der Waals surface area contributed by atoms with E-state index >= 15 is 0 Å². The molecule has 12 heavy (non-hydrogen) atoms. The maximum absolute atomic E-state index is 10.8. The van der Waals surface area contributed by atoms with Gasteiger partial charge in [0.15, 0.2) is 0 Å². The molecule has 0 aliphatic carbocycles. The third kappa shape index (κ3) is 1.61. The molecule has 1 aliphatic rings. The van der Waals surface area contributed by atoms with Gasteiger partial charge in [-0.05, 0) is 12.3 Å². The van der Waals surface area contributed by atoms with Crippen molar-refractivity contribution in [3.63, 3.8) is 0 Å². The van der Waals surface area contributed by atoms with Crippen molar-refractivity contribution in [2.24, 2.45) is 5.41 Å². The predicted octanol–water partition coefficient (Wildman–Crippen LogP) is 0.938. The van der Waals surface area contributed by atoms with Crippen LogP contribution in [0.5, 0.6) is 0 Å². The normalized spacial score (nSPS) is 31.5. The average Bonchev–Trinajstić information content (AvgIpc) is 1.93. The second-order valence-corrected chi connectivity index (χ2v) is 4.55. The summed E-state index contributed by atoms with van der Waals surface area (Å²) in [5.74, 6) is -0.0169. The van der Waals surface area contributed by atoms with E-state index < -0.39 is 0 Å². The summed E-state index contributed by atoms with van der Waals surface area (Å²) >= 11 is 0. The summed E-state index contributed by atoms with van der Waals surface area (Å²) in [5.41, 5.74) is -0.179. The van der Waals surface area contributed by atoms with Gasteiger partial charge in [-0.1, -0.05) is 20.8 Å². The van der Waals surface area contributed by atoms with Crippen LogP contribution in [-0.2, 0) is 9.53 Å². The van der Waals surface area contributed by atoms with Crippen molar-refractivity contribution in [1.82, 2.24) is 5.32 Å². The van der Waals surface area contributed by atoms with Crippen molar-refractivity contribution in [2.45, 2.75) is 33.3 Å². The molecular weight excluding hydrogens is 154 g/mol. The first-order chi connectivity index (χ1) is 5.35. The van der Waals surface area contributed by atoms with Crippen molar-refractivity contribution in [1.29, 1.82) is 0 Å². The van der Waals surface area contributed by atoms with Crippen LogP contribution in [0.4, 0.5) is 0 Å². The molecule has 0 aromatic rings. The van der Waals surface area contributed by atoms with E-state index in [4.69, 9.17) is 4.74 Å². The molecule has 0 aromatic carbocycles. The Morgan fingerprint density at radius 2 is 2.08 bits per heavy atom. The van der Waals surface area contributed by atoms with E-state index in [0.29, 0.717) is 6.54 Å². The number of hydrogen-bond donors (Lipinski definition) is 1. The van der Waals surface area contributed by atoms with Gasteiger partial charge in [0.2, 0.25) is 5.91 Å². The molecule has 0 bridgehead atoms. The fourth-order valence-electron chi connectivity index (χ4n) is 1.08. The highest BCUT2D eigenvalue weighted by molar-refractivity contribution is 5.78. The molecule has 1 rings (SSSR count). The fraction of sp³-hybridized carbons (Fsp3) is 0.889. The second kappa shape index (κ2) is 2.73. The van der Waals surface area contributed by atoms with Crippen LogP contribution in [0.15, 0.2) is 0 Å². The van der Waals surface area contributed by atoms with Crippen LogP contribution in [0.25, 0.3) is 0 Å². The zero-order valence-corrected chi connectivity index (χ0v) is 8.23. The molecule has 3 nitrogen and oxygen atoms in total. The molecule has 0 radical (unpaired) electrons. The molecule has 1 atom stereocenters. The van der Waals surface area contributed by atoms with Gasteiger partial charge in [-0.25, -0.2) is 0 Å². The van der Waals surface area contributed by atoms with Gasteiger partial charge in [0, 0.05) is 6.54 Å². The van der Waals surface area contributed by atoms with Gasteiger partial charge in [-0.15, -0.1) is 0 Å². The first kappa shape index (κ1) is 9.52. The van der Waals surface area contributed by atoms with Crippen LogP contribution in [0.1, 0.15) is 27.7 Å². The molecule has 70 valence electrons. The molecule has 1 unspecified atom stereocenters. The lowest BCUT2D eigenvalue weighted by Crippen LogP contribution is -2.57. The minimum atomic E-state index is -0.235. The van der Waals surface area contributed by atoms with Crippen molar-refractivity contribution in [3.8, 4) is 0 Å². The van der Waals surface area contributed by atoms with Crippen LogP contribution < -0.4 is 5.32 Å². The summed E-state index contributed by atoms with van der Waals surface area (Å²) in [6.07, 6.45) is 0. The lowest BCUT2D eigenvalue weighted by Gasteiger charge is -2.44. The monoisotopic (exact) mass is 171 g/mol. The molecule has 3 heteroatoms. The number of hydrogen-bond acceptors (Lipinski definition) is 2. The van der Waals surface area contributed by atoms with E-state index in [1.54, 1.807) is 0 Å². The Bertz CT molecular complexity index is 183. The lowest BCUT2D eigenvalue weighted by atomic mass is 9.77. The molecular formula is C9H17NO2. The van der Waals surface area contributed by atoms with Crippen LogP contribution in [0.2, 0.25) is 0 Å². The maximum Gasteiger partial charge on any atom is 0.246 e. The first-order valence-electron chi connectivity index (χ1n) is 4.26. The number of nitrogens with one attached hydrogen (secondary N) is 1. The van der Waals surface area contributed by atoms with Gasteiger partial charge in [0.1, 0.15) is 6.61 Å². The molecule has 1 fully saturated rings. The third-order valence-corrected chi connectivity index (χ3v) is 2.73. The van der Waals surface area contributed by atoms with Crippen molar-refractivity contribution in [3.05, 3.63) is 0 Å². The Kier molecular flexibility index (Phi) is 2.17. The molecule has 1 N–H and O–H groups in total. The predicted molar refractivity (Wildman–Crippen MR) is 46.8 cm³/mol. The maximum atomic E-state index is 10.8. The Morgan fingerprint density at radius 3 is 2.42 bits per heavy atom. The zero-order valence-electron chi connectivity index (χ0n) is 8.23. The van der Waals surface area contributed by atoms with E-state index in [1.807, 2.05) is 6.92 Å². The molecule has 1 heterocycles. The number of rotatable bonds is 0. The van der Waals surface area contributed by atoms with Gasteiger partial charge < -0.3 is 10.1 Å². The Labute approximate surface area is 73.5 Å². The number of carbonyl (C=O) groups is 1. The minimum absolute atomic E-state index is 0.0169. The summed E-state index contributed by atoms with van der Waals surface area (Å²) in [6.45, 7) is 9.18. The number of carbonyl (C=O) groups excluding carboxylic acids is 1. The zero-order chi connectivity index (χ0) is 9.41. The SMILES string of the molecule is CC(C)(C)C1(C)CNC(=O)CO1. The molecule has 0 saturated carbocycles. The third-order valence-electron chi connectivity index (χ3n) is 2.73. The molecule has 0 aromatic heterocycles. The van der Waals surface area contributed by atoms with Crippen molar-refractivity contribution in [2.75, 3.05) is 13.2 Å². The van der Waals surface area contributed by atoms with E-state index in [2.05, 4.69) is 26.1 Å². The van der Waals surface area contributed by atoms with Crippen molar-refractivity contribution < 1.29 is 9.53 Å². The van der Waals surface area contributed by atoms with E-state index in [1.165, 1.54) is 0 Å². The summed E-state index contributed by atoms with van der Waals surface area (Å²) in [7, 11) is 0. The lowest BCUT2D eigenvalue weighted by molar-refractivity contribution is -0.156.